The van der Waals surface area contributed by atoms with E-state index in [1.165, 1.54) is 12.4 Å². The number of aromatic amines is 1. The zero-order valence-corrected chi connectivity index (χ0v) is 9.53. The van der Waals surface area contributed by atoms with E-state index < -0.39 is 0 Å². The SMILES string of the molecule is O=C1C=c2cnc(-c3ncnc4[nH]ccc34)nc2=N1. The number of H-pyrrole nitrogens is 1. The molecule has 7 nitrogen and oxygen atoms in total. The van der Waals surface area contributed by atoms with Crippen LogP contribution in [0, 0.1) is 0 Å². The molecule has 0 spiro atoms. The molecule has 0 atom stereocenters. The number of aromatic nitrogens is 5. The van der Waals surface area contributed by atoms with Crippen molar-refractivity contribution >= 4 is 23.0 Å². The maximum atomic E-state index is 11.2. The second-order valence-corrected chi connectivity index (χ2v) is 4.03. The van der Waals surface area contributed by atoms with Crippen molar-refractivity contribution in [1.29, 1.82) is 0 Å². The monoisotopic (exact) mass is 250 g/mol. The molecule has 1 N–H and O–H groups in total. The van der Waals surface area contributed by atoms with Crippen LogP contribution in [-0.4, -0.2) is 30.8 Å². The highest BCUT2D eigenvalue weighted by Crippen LogP contribution is 2.19. The van der Waals surface area contributed by atoms with Gasteiger partial charge >= 0.3 is 0 Å². The Kier molecular flexibility index (Phi) is 1.85. The van der Waals surface area contributed by atoms with E-state index >= 15 is 0 Å². The lowest BCUT2D eigenvalue weighted by Crippen LogP contribution is -2.26. The summed E-state index contributed by atoms with van der Waals surface area (Å²) in [7, 11) is 0. The highest BCUT2D eigenvalue weighted by Gasteiger charge is 2.12. The molecule has 0 unspecified atom stereocenters. The summed E-state index contributed by atoms with van der Waals surface area (Å²) in [4.78, 5) is 34.8. The maximum absolute atomic E-state index is 11.2. The summed E-state index contributed by atoms with van der Waals surface area (Å²) in [5, 5.41) is 1.46. The number of rotatable bonds is 1. The Bertz CT molecular complexity index is 942. The van der Waals surface area contributed by atoms with Gasteiger partial charge in [0.15, 0.2) is 11.3 Å². The van der Waals surface area contributed by atoms with Gasteiger partial charge < -0.3 is 4.98 Å². The molecule has 4 heterocycles. The first-order valence-corrected chi connectivity index (χ1v) is 5.57. The lowest BCUT2D eigenvalue weighted by molar-refractivity contribution is -0.112. The van der Waals surface area contributed by atoms with E-state index in [9.17, 15) is 4.79 Å². The van der Waals surface area contributed by atoms with Gasteiger partial charge in [-0.15, -0.1) is 0 Å². The molecule has 3 aromatic rings. The van der Waals surface area contributed by atoms with Crippen LogP contribution < -0.4 is 10.7 Å². The number of carbonyl (C=O) groups excluding carboxylic acids is 1. The fraction of sp³-hybridized carbons (Fsp3) is 0. The Morgan fingerprint density at radius 2 is 2.11 bits per heavy atom. The maximum Gasteiger partial charge on any atom is 0.272 e. The van der Waals surface area contributed by atoms with Crippen LogP contribution >= 0.6 is 0 Å². The number of carbonyl (C=O) groups is 1. The quantitative estimate of drug-likeness (QED) is 0.619. The van der Waals surface area contributed by atoms with E-state index in [-0.39, 0.29) is 5.91 Å². The van der Waals surface area contributed by atoms with Crippen molar-refractivity contribution in [3.8, 4) is 11.5 Å². The zero-order valence-electron chi connectivity index (χ0n) is 9.53. The lowest BCUT2D eigenvalue weighted by Gasteiger charge is -1.99. The first kappa shape index (κ1) is 10.0. The Hall–Kier alpha value is -2.96. The van der Waals surface area contributed by atoms with Crippen LogP contribution in [0.2, 0.25) is 0 Å². The average Bonchev–Trinajstić information content (AvgIpc) is 3.01. The highest BCUT2D eigenvalue weighted by molar-refractivity contribution is 6.06. The molecule has 0 aromatic carbocycles. The van der Waals surface area contributed by atoms with Gasteiger partial charge in [-0.3, -0.25) is 4.79 Å². The van der Waals surface area contributed by atoms with E-state index in [1.54, 1.807) is 12.4 Å². The topological polar surface area (TPSA) is 96.8 Å². The Labute approximate surface area is 105 Å². The molecule has 0 saturated carbocycles. The van der Waals surface area contributed by atoms with Gasteiger partial charge in [-0.2, -0.15) is 4.99 Å². The zero-order chi connectivity index (χ0) is 12.8. The van der Waals surface area contributed by atoms with E-state index in [1.807, 2.05) is 6.07 Å². The van der Waals surface area contributed by atoms with Crippen molar-refractivity contribution in [3.05, 3.63) is 35.5 Å². The van der Waals surface area contributed by atoms with Gasteiger partial charge in [0.25, 0.3) is 5.91 Å². The predicted molar refractivity (Wildman–Crippen MR) is 65.2 cm³/mol. The van der Waals surface area contributed by atoms with Crippen molar-refractivity contribution < 1.29 is 4.79 Å². The smallest absolute Gasteiger partial charge is 0.272 e. The Balaban J connectivity index is 2.02. The second-order valence-electron chi connectivity index (χ2n) is 4.03. The van der Waals surface area contributed by atoms with Crippen molar-refractivity contribution in [2.75, 3.05) is 0 Å². The first-order valence-electron chi connectivity index (χ1n) is 5.57. The molecule has 4 rings (SSSR count). The van der Waals surface area contributed by atoms with Crippen LogP contribution in [0.25, 0.3) is 28.6 Å². The third kappa shape index (κ3) is 1.45. The van der Waals surface area contributed by atoms with Crippen molar-refractivity contribution in [2.24, 2.45) is 4.99 Å². The Morgan fingerprint density at radius 1 is 1.16 bits per heavy atom. The van der Waals surface area contributed by atoms with Crippen molar-refractivity contribution in [2.45, 2.75) is 0 Å². The number of amides is 1. The minimum Gasteiger partial charge on any atom is -0.346 e. The molecule has 0 fully saturated rings. The van der Waals surface area contributed by atoms with Crippen LogP contribution in [0.5, 0.6) is 0 Å². The van der Waals surface area contributed by atoms with Gasteiger partial charge in [-0.05, 0) is 6.07 Å². The Morgan fingerprint density at radius 3 is 3.05 bits per heavy atom. The molecule has 19 heavy (non-hydrogen) atoms. The summed E-state index contributed by atoms with van der Waals surface area (Å²) in [6.07, 6.45) is 6.20. The minimum absolute atomic E-state index is 0.309. The van der Waals surface area contributed by atoms with Gasteiger partial charge in [0, 0.05) is 29.1 Å². The highest BCUT2D eigenvalue weighted by atomic mass is 16.1. The van der Waals surface area contributed by atoms with Crippen molar-refractivity contribution in [3.63, 3.8) is 0 Å². The first-order chi connectivity index (χ1) is 9.31. The minimum atomic E-state index is -0.309. The van der Waals surface area contributed by atoms with E-state index in [4.69, 9.17) is 0 Å². The molecular formula is C12H6N6O. The fourth-order valence-electron chi connectivity index (χ4n) is 2.01. The van der Waals surface area contributed by atoms with E-state index in [0.29, 0.717) is 27.9 Å². The molecule has 1 amide bonds. The predicted octanol–water partition coefficient (Wildman–Crippen LogP) is -0.645. The second kappa shape index (κ2) is 3.52. The third-order valence-corrected chi connectivity index (χ3v) is 2.86. The van der Waals surface area contributed by atoms with Crippen LogP contribution in [-0.2, 0) is 4.79 Å². The molecular weight excluding hydrogens is 244 g/mol. The molecule has 90 valence electrons. The number of nitrogens with zero attached hydrogens (tertiary/aromatic N) is 5. The summed E-state index contributed by atoms with van der Waals surface area (Å²) in [5.41, 5.74) is 1.72. The number of nitrogens with one attached hydrogen (secondary N) is 1. The summed E-state index contributed by atoms with van der Waals surface area (Å²) < 4.78 is 0. The summed E-state index contributed by atoms with van der Waals surface area (Å²) >= 11 is 0. The van der Waals surface area contributed by atoms with Gasteiger partial charge in [-0.25, -0.2) is 19.9 Å². The van der Waals surface area contributed by atoms with Crippen LogP contribution in [0.15, 0.2) is 29.8 Å². The molecule has 3 aromatic heterocycles. The van der Waals surface area contributed by atoms with Gasteiger partial charge in [0.1, 0.15) is 17.7 Å². The average molecular weight is 250 g/mol. The fourth-order valence-corrected chi connectivity index (χ4v) is 2.01. The number of hydrogen-bond donors (Lipinski definition) is 1. The van der Waals surface area contributed by atoms with Gasteiger partial charge in [-0.1, -0.05) is 0 Å². The molecule has 0 radical (unpaired) electrons. The molecule has 0 bridgehead atoms. The van der Waals surface area contributed by atoms with Gasteiger partial charge in [0.2, 0.25) is 0 Å². The van der Waals surface area contributed by atoms with Crippen LogP contribution in [0.1, 0.15) is 0 Å². The molecule has 0 aliphatic carbocycles. The lowest BCUT2D eigenvalue weighted by atomic mass is 10.2. The largest absolute Gasteiger partial charge is 0.346 e. The summed E-state index contributed by atoms with van der Waals surface area (Å²) in [6, 6.07) is 1.86. The van der Waals surface area contributed by atoms with Crippen molar-refractivity contribution in [1.82, 2.24) is 24.9 Å². The molecule has 0 saturated heterocycles. The van der Waals surface area contributed by atoms with Crippen LogP contribution in [0.4, 0.5) is 0 Å². The van der Waals surface area contributed by atoms with E-state index in [2.05, 4.69) is 29.9 Å². The number of hydrogen-bond acceptors (Lipinski definition) is 5. The third-order valence-electron chi connectivity index (χ3n) is 2.86. The summed E-state index contributed by atoms with van der Waals surface area (Å²) in [6.45, 7) is 0. The normalized spacial score (nSPS) is 13.2. The van der Waals surface area contributed by atoms with Gasteiger partial charge in [0.05, 0.1) is 0 Å². The standard InChI is InChI=1S/C12H6N6O/c19-8-3-6-4-14-12(18-10(6)17-8)9-7-1-2-13-11(7)16-5-15-9/h1-5H,(H,13,15,16). The molecule has 1 aliphatic rings. The summed E-state index contributed by atoms with van der Waals surface area (Å²) in [5.74, 6) is 0.119. The van der Waals surface area contributed by atoms with Crippen LogP contribution in [0.3, 0.4) is 0 Å². The molecule has 7 heteroatoms. The number of fused-ring (bicyclic) bond motifs is 2. The van der Waals surface area contributed by atoms with E-state index in [0.717, 1.165) is 5.39 Å². The molecule has 1 aliphatic heterocycles.